The summed E-state index contributed by atoms with van der Waals surface area (Å²) in [7, 11) is 2.01. The summed E-state index contributed by atoms with van der Waals surface area (Å²) in [5.74, 6) is 0. The van der Waals surface area contributed by atoms with Crippen molar-refractivity contribution in [1.82, 2.24) is 0 Å². The van der Waals surface area contributed by atoms with Crippen molar-refractivity contribution in [2.75, 3.05) is 25.1 Å². The van der Waals surface area contributed by atoms with Crippen LogP contribution in [0.4, 0.5) is 5.69 Å². The Morgan fingerprint density at radius 1 is 1.36 bits per heavy atom. The van der Waals surface area contributed by atoms with Crippen LogP contribution in [-0.4, -0.2) is 25.3 Å². The molecule has 2 heteroatoms. The smallest absolute Gasteiger partial charge is 0.0606 e. The lowest BCUT2D eigenvalue weighted by Gasteiger charge is -2.21. The van der Waals surface area contributed by atoms with Crippen molar-refractivity contribution in [2.45, 2.75) is 20.3 Å². The minimum atomic E-state index is 0.202. The van der Waals surface area contributed by atoms with Crippen molar-refractivity contribution < 1.29 is 5.11 Å². The molecule has 0 heterocycles. The normalized spacial score (nSPS) is 10.3. The first-order valence-corrected chi connectivity index (χ1v) is 5.10. The Hall–Kier alpha value is -1.02. The number of aliphatic hydroxyl groups is 1. The van der Waals surface area contributed by atoms with Crippen molar-refractivity contribution >= 4 is 5.69 Å². The quantitative estimate of drug-likeness (QED) is 0.790. The summed E-state index contributed by atoms with van der Waals surface area (Å²) >= 11 is 0. The van der Waals surface area contributed by atoms with Gasteiger partial charge in [0.25, 0.3) is 0 Å². The molecule has 0 fully saturated rings. The van der Waals surface area contributed by atoms with Gasteiger partial charge < -0.3 is 10.0 Å². The third kappa shape index (κ3) is 2.48. The minimum Gasteiger partial charge on any atom is -0.395 e. The highest BCUT2D eigenvalue weighted by molar-refractivity contribution is 5.54. The van der Waals surface area contributed by atoms with E-state index >= 15 is 0 Å². The Morgan fingerprint density at radius 3 is 2.64 bits per heavy atom. The van der Waals surface area contributed by atoms with E-state index in [2.05, 4.69) is 36.9 Å². The molecule has 1 N–H and O–H groups in total. The molecule has 1 aromatic carbocycles. The molecule has 0 radical (unpaired) electrons. The maximum absolute atomic E-state index is 8.87. The Morgan fingerprint density at radius 2 is 2.07 bits per heavy atom. The molecule has 0 aliphatic rings. The predicted octanol–water partition coefficient (Wildman–Crippen LogP) is 1.99. The van der Waals surface area contributed by atoms with Crippen LogP contribution in [0.1, 0.15) is 18.1 Å². The Bertz CT molecular complexity index is 296. The Labute approximate surface area is 86.2 Å². The van der Waals surface area contributed by atoms with Crippen LogP contribution in [0.15, 0.2) is 18.2 Å². The fraction of sp³-hybridized carbons (Fsp3) is 0.500. The number of aliphatic hydroxyl groups excluding tert-OH is 1. The molecule has 14 heavy (non-hydrogen) atoms. The van der Waals surface area contributed by atoms with E-state index in [0.29, 0.717) is 6.54 Å². The number of rotatable bonds is 4. The van der Waals surface area contributed by atoms with Gasteiger partial charge in [-0.15, -0.1) is 0 Å². The van der Waals surface area contributed by atoms with Gasteiger partial charge in [-0.1, -0.05) is 24.6 Å². The maximum Gasteiger partial charge on any atom is 0.0606 e. The third-order valence-electron chi connectivity index (χ3n) is 2.46. The lowest BCUT2D eigenvalue weighted by Crippen LogP contribution is -2.22. The molecular weight excluding hydrogens is 174 g/mol. The molecule has 0 aliphatic heterocycles. The highest BCUT2D eigenvalue weighted by atomic mass is 16.3. The van der Waals surface area contributed by atoms with E-state index < -0.39 is 0 Å². The average molecular weight is 193 g/mol. The molecule has 1 rings (SSSR count). The number of hydrogen-bond donors (Lipinski definition) is 1. The van der Waals surface area contributed by atoms with Crippen molar-refractivity contribution in [2.24, 2.45) is 0 Å². The van der Waals surface area contributed by atoms with E-state index in [4.69, 9.17) is 5.11 Å². The molecule has 0 bridgehead atoms. The van der Waals surface area contributed by atoms with Crippen molar-refractivity contribution in [3.63, 3.8) is 0 Å². The van der Waals surface area contributed by atoms with Crippen LogP contribution in [-0.2, 0) is 6.42 Å². The molecule has 2 nitrogen and oxygen atoms in total. The van der Waals surface area contributed by atoms with Gasteiger partial charge in [-0.2, -0.15) is 0 Å². The van der Waals surface area contributed by atoms with Crippen molar-refractivity contribution in [1.29, 1.82) is 0 Å². The zero-order valence-electron chi connectivity index (χ0n) is 9.25. The molecule has 0 aliphatic carbocycles. The summed E-state index contributed by atoms with van der Waals surface area (Å²) in [6.45, 7) is 5.16. The first-order valence-electron chi connectivity index (χ1n) is 5.10. The monoisotopic (exact) mass is 193 g/mol. The molecule has 78 valence electrons. The molecule has 0 amide bonds. The van der Waals surface area contributed by atoms with Gasteiger partial charge in [-0.05, 0) is 25.0 Å². The summed E-state index contributed by atoms with van der Waals surface area (Å²) in [6.07, 6.45) is 1.03. The number of nitrogens with zero attached hydrogens (tertiary/aromatic N) is 1. The van der Waals surface area contributed by atoms with Crippen LogP contribution >= 0.6 is 0 Å². The van der Waals surface area contributed by atoms with Crippen LogP contribution < -0.4 is 4.90 Å². The first kappa shape index (κ1) is 11.1. The van der Waals surface area contributed by atoms with E-state index in [1.807, 2.05) is 7.05 Å². The molecule has 1 aromatic rings. The van der Waals surface area contributed by atoms with Gasteiger partial charge in [0.1, 0.15) is 0 Å². The Kier molecular flexibility index (Phi) is 3.96. The summed E-state index contributed by atoms with van der Waals surface area (Å²) in [5.41, 5.74) is 3.87. The SMILES string of the molecule is CCc1cc(C)ccc1N(C)CCO. The van der Waals surface area contributed by atoms with Gasteiger partial charge in [-0.25, -0.2) is 0 Å². The van der Waals surface area contributed by atoms with Gasteiger partial charge in [-0.3, -0.25) is 0 Å². The topological polar surface area (TPSA) is 23.5 Å². The first-order chi connectivity index (χ1) is 6.69. The number of benzene rings is 1. The van der Waals surface area contributed by atoms with Crippen molar-refractivity contribution in [3.8, 4) is 0 Å². The predicted molar refractivity (Wildman–Crippen MR) is 60.9 cm³/mol. The lowest BCUT2D eigenvalue weighted by molar-refractivity contribution is 0.304. The van der Waals surface area contributed by atoms with E-state index in [0.717, 1.165) is 6.42 Å². The zero-order valence-corrected chi connectivity index (χ0v) is 9.25. The summed E-state index contributed by atoms with van der Waals surface area (Å²) < 4.78 is 0. The van der Waals surface area contributed by atoms with Gasteiger partial charge in [0, 0.05) is 19.3 Å². The molecule has 0 saturated heterocycles. The second-order valence-corrected chi connectivity index (χ2v) is 3.63. The molecule has 0 spiro atoms. The second kappa shape index (κ2) is 5.01. The highest BCUT2D eigenvalue weighted by Crippen LogP contribution is 2.21. The van der Waals surface area contributed by atoms with Crippen LogP contribution in [0.5, 0.6) is 0 Å². The largest absolute Gasteiger partial charge is 0.395 e. The molecule has 0 unspecified atom stereocenters. The van der Waals surface area contributed by atoms with Crippen LogP contribution in [0, 0.1) is 6.92 Å². The zero-order chi connectivity index (χ0) is 10.6. The fourth-order valence-corrected chi connectivity index (χ4v) is 1.64. The summed E-state index contributed by atoms with van der Waals surface area (Å²) in [5, 5.41) is 8.87. The summed E-state index contributed by atoms with van der Waals surface area (Å²) in [4.78, 5) is 2.10. The van der Waals surface area contributed by atoms with E-state index in [-0.39, 0.29) is 6.61 Å². The van der Waals surface area contributed by atoms with Gasteiger partial charge in [0.05, 0.1) is 6.61 Å². The van der Waals surface area contributed by atoms with Gasteiger partial charge in [0.2, 0.25) is 0 Å². The number of anilines is 1. The standard InChI is InChI=1S/C12H19NO/c1-4-11-9-10(2)5-6-12(11)13(3)7-8-14/h5-6,9,14H,4,7-8H2,1-3H3. The minimum absolute atomic E-state index is 0.202. The molecular formula is C12H19NO. The number of likely N-dealkylation sites (N-methyl/N-ethyl adjacent to an activating group) is 1. The average Bonchev–Trinajstić information content (AvgIpc) is 2.17. The molecule has 0 saturated carbocycles. The Balaban J connectivity index is 2.95. The van der Waals surface area contributed by atoms with Crippen LogP contribution in [0.3, 0.4) is 0 Å². The van der Waals surface area contributed by atoms with Gasteiger partial charge in [0.15, 0.2) is 0 Å². The summed E-state index contributed by atoms with van der Waals surface area (Å²) in [6, 6.07) is 6.45. The van der Waals surface area contributed by atoms with Crippen LogP contribution in [0.2, 0.25) is 0 Å². The highest BCUT2D eigenvalue weighted by Gasteiger charge is 2.05. The number of hydrogen-bond acceptors (Lipinski definition) is 2. The van der Waals surface area contributed by atoms with E-state index in [9.17, 15) is 0 Å². The number of aryl methyl sites for hydroxylation is 2. The van der Waals surface area contributed by atoms with Crippen LogP contribution in [0.25, 0.3) is 0 Å². The van der Waals surface area contributed by atoms with E-state index in [1.54, 1.807) is 0 Å². The van der Waals surface area contributed by atoms with E-state index in [1.165, 1.54) is 16.8 Å². The van der Waals surface area contributed by atoms with Crippen molar-refractivity contribution in [3.05, 3.63) is 29.3 Å². The third-order valence-corrected chi connectivity index (χ3v) is 2.46. The maximum atomic E-state index is 8.87. The fourth-order valence-electron chi connectivity index (χ4n) is 1.64. The second-order valence-electron chi connectivity index (χ2n) is 3.63. The lowest BCUT2D eigenvalue weighted by atomic mass is 10.1. The molecule has 0 atom stereocenters. The van der Waals surface area contributed by atoms with Gasteiger partial charge >= 0.3 is 0 Å². The molecule has 0 aromatic heterocycles.